The molecule has 0 radical (unpaired) electrons. The number of carbonyl (C=O) groups excluding carboxylic acids is 2. The number of nitrogens with zero attached hydrogens (tertiary/aromatic N) is 3. The Kier molecular flexibility index (Phi) is 7.30. The third-order valence-corrected chi connectivity index (χ3v) is 6.31. The number of aromatic nitrogens is 2. The van der Waals surface area contributed by atoms with E-state index in [1.54, 1.807) is 20.2 Å². The molecule has 1 atom stereocenters. The Balaban J connectivity index is 2.12. The van der Waals surface area contributed by atoms with Gasteiger partial charge in [-0.1, -0.05) is 32.4 Å². The number of imidazole rings is 1. The first-order valence-electron chi connectivity index (χ1n) is 10.9. The summed E-state index contributed by atoms with van der Waals surface area (Å²) in [6.07, 6.45) is 1.04. The molecule has 32 heavy (non-hydrogen) atoms. The highest BCUT2D eigenvalue weighted by molar-refractivity contribution is 6.31. The highest BCUT2D eigenvalue weighted by atomic mass is 35.5. The van der Waals surface area contributed by atoms with Gasteiger partial charge in [0.1, 0.15) is 17.3 Å². The van der Waals surface area contributed by atoms with Gasteiger partial charge in [0.15, 0.2) is 5.78 Å². The van der Waals surface area contributed by atoms with Crippen LogP contribution < -0.4 is 10.1 Å². The zero-order chi connectivity index (χ0) is 23.6. The molecule has 0 spiro atoms. The van der Waals surface area contributed by atoms with Crippen molar-refractivity contribution in [2.24, 2.45) is 11.3 Å². The Hall–Kier alpha value is -2.38. The van der Waals surface area contributed by atoms with Gasteiger partial charge in [-0.3, -0.25) is 9.59 Å². The first-order valence-corrected chi connectivity index (χ1v) is 11.3. The molecule has 1 aliphatic rings. The van der Waals surface area contributed by atoms with Crippen molar-refractivity contribution in [2.45, 2.75) is 46.7 Å². The Labute approximate surface area is 195 Å². The molecular weight excluding hydrogens is 428 g/mol. The minimum atomic E-state index is -0.454. The van der Waals surface area contributed by atoms with E-state index in [1.165, 1.54) is 0 Å². The first-order chi connectivity index (χ1) is 15.1. The van der Waals surface area contributed by atoms with Gasteiger partial charge in [0, 0.05) is 31.6 Å². The summed E-state index contributed by atoms with van der Waals surface area (Å²) in [5, 5.41) is 3.28. The summed E-state index contributed by atoms with van der Waals surface area (Å²) >= 11 is 6.29. The van der Waals surface area contributed by atoms with E-state index in [4.69, 9.17) is 21.3 Å². The molecule has 0 unspecified atom stereocenters. The van der Waals surface area contributed by atoms with Gasteiger partial charge in [-0.2, -0.15) is 0 Å². The lowest BCUT2D eigenvalue weighted by Gasteiger charge is -2.28. The summed E-state index contributed by atoms with van der Waals surface area (Å²) in [5.74, 6) is 0.608. The average Bonchev–Trinajstić information content (AvgIpc) is 2.96. The van der Waals surface area contributed by atoms with Crippen molar-refractivity contribution >= 4 is 23.3 Å². The number of halogens is 1. The standard InChI is InChI=1S/C24H33ClN4O3/c1-24(2,3)17(23(31)26-4)13-19(30)21-18-14-28(5)10-7-11-29(18)22(27-21)16-12-15(25)8-9-20(16)32-6/h8-9,12,17H,7,10-11,13-14H2,1-6H3,(H,26,31)/t17-/m1/s1. The molecule has 1 aliphatic heterocycles. The van der Waals surface area contributed by atoms with Crippen LogP contribution in [0.4, 0.5) is 0 Å². The zero-order valence-electron chi connectivity index (χ0n) is 19.8. The number of methoxy groups -OCH3 is 1. The second-order valence-corrected chi connectivity index (χ2v) is 9.91. The lowest BCUT2D eigenvalue weighted by Crippen LogP contribution is -2.37. The van der Waals surface area contributed by atoms with Gasteiger partial charge < -0.3 is 19.5 Å². The lowest BCUT2D eigenvalue weighted by atomic mass is 9.77. The summed E-state index contributed by atoms with van der Waals surface area (Å²) in [6.45, 7) is 8.20. The van der Waals surface area contributed by atoms with Crippen LogP contribution in [0.25, 0.3) is 11.4 Å². The number of nitrogens with one attached hydrogen (secondary N) is 1. The quantitative estimate of drug-likeness (QED) is 0.658. The number of benzene rings is 1. The first kappa shape index (κ1) is 24.3. The van der Waals surface area contributed by atoms with Gasteiger partial charge in [0.25, 0.3) is 0 Å². The topological polar surface area (TPSA) is 76.5 Å². The average molecular weight is 461 g/mol. The Morgan fingerprint density at radius 2 is 2.00 bits per heavy atom. The molecule has 0 saturated carbocycles. The van der Waals surface area contributed by atoms with Crippen LogP contribution in [0.1, 0.15) is 49.8 Å². The molecule has 2 aromatic rings. The van der Waals surface area contributed by atoms with Crippen LogP contribution in [0.15, 0.2) is 18.2 Å². The van der Waals surface area contributed by atoms with Crippen LogP contribution in [0, 0.1) is 11.3 Å². The zero-order valence-corrected chi connectivity index (χ0v) is 20.5. The maximum atomic E-state index is 13.5. The summed E-state index contributed by atoms with van der Waals surface area (Å²) in [7, 11) is 5.25. The van der Waals surface area contributed by atoms with E-state index >= 15 is 0 Å². The van der Waals surface area contributed by atoms with Crippen molar-refractivity contribution in [3.8, 4) is 17.1 Å². The van der Waals surface area contributed by atoms with E-state index in [9.17, 15) is 9.59 Å². The highest BCUT2D eigenvalue weighted by Gasteiger charge is 2.35. The molecular formula is C24H33ClN4O3. The van der Waals surface area contributed by atoms with Crippen LogP contribution in [-0.2, 0) is 17.9 Å². The number of Topliss-reactive ketones (excluding diaryl/α,β-unsaturated/α-hetero) is 1. The highest BCUT2D eigenvalue weighted by Crippen LogP contribution is 2.36. The normalized spacial score (nSPS) is 15.6. The molecule has 1 amide bonds. The van der Waals surface area contributed by atoms with Gasteiger partial charge in [0.2, 0.25) is 5.91 Å². The van der Waals surface area contributed by atoms with Crippen LogP contribution >= 0.6 is 11.6 Å². The van der Waals surface area contributed by atoms with Crippen molar-refractivity contribution < 1.29 is 14.3 Å². The SMILES string of the molecule is CNC(=O)[C@@H](CC(=O)c1nc(-c2cc(Cl)ccc2OC)n2c1CN(C)CCC2)C(C)(C)C. The Morgan fingerprint density at radius 1 is 1.28 bits per heavy atom. The molecule has 8 heteroatoms. The van der Waals surface area contributed by atoms with E-state index in [0.29, 0.717) is 28.8 Å². The van der Waals surface area contributed by atoms with Crippen molar-refractivity contribution in [3.63, 3.8) is 0 Å². The molecule has 1 aromatic carbocycles. The molecule has 1 aromatic heterocycles. The molecule has 7 nitrogen and oxygen atoms in total. The summed E-state index contributed by atoms with van der Waals surface area (Å²) in [4.78, 5) is 33.1. The summed E-state index contributed by atoms with van der Waals surface area (Å²) in [5.41, 5.74) is 1.69. The molecule has 0 aliphatic carbocycles. The van der Waals surface area contributed by atoms with Crippen molar-refractivity contribution in [1.82, 2.24) is 19.8 Å². The molecule has 0 saturated heterocycles. The largest absolute Gasteiger partial charge is 0.496 e. The fourth-order valence-electron chi connectivity index (χ4n) is 4.25. The number of amides is 1. The van der Waals surface area contributed by atoms with Crippen LogP contribution in [0.5, 0.6) is 5.75 Å². The lowest BCUT2D eigenvalue weighted by molar-refractivity contribution is -0.127. The Morgan fingerprint density at radius 3 is 2.62 bits per heavy atom. The van der Waals surface area contributed by atoms with E-state index in [1.807, 2.05) is 40.0 Å². The number of hydrogen-bond donors (Lipinski definition) is 1. The molecule has 0 fully saturated rings. The number of carbonyl (C=O) groups is 2. The minimum absolute atomic E-state index is 0.100. The monoisotopic (exact) mass is 460 g/mol. The Bertz CT molecular complexity index is 1010. The minimum Gasteiger partial charge on any atom is -0.496 e. The summed E-state index contributed by atoms with van der Waals surface area (Å²) < 4.78 is 7.67. The number of ether oxygens (including phenoxy) is 1. The summed E-state index contributed by atoms with van der Waals surface area (Å²) in [6, 6.07) is 5.40. The maximum Gasteiger partial charge on any atom is 0.223 e. The van der Waals surface area contributed by atoms with Crippen molar-refractivity contribution in [1.29, 1.82) is 0 Å². The number of ketones is 1. The second-order valence-electron chi connectivity index (χ2n) is 9.48. The van der Waals surface area contributed by atoms with Crippen LogP contribution in [0.3, 0.4) is 0 Å². The number of fused-ring (bicyclic) bond motifs is 1. The number of rotatable bonds is 6. The maximum absolute atomic E-state index is 13.5. The molecule has 3 rings (SSSR count). The molecule has 0 bridgehead atoms. The van der Waals surface area contributed by atoms with Gasteiger partial charge in [-0.25, -0.2) is 4.98 Å². The van der Waals surface area contributed by atoms with Crippen LogP contribution in [-0.4, -0.2) is 53.9 Å². The van der Waals surface area contributed by atoms with Gasteiger partial charge in [-0.15, -0.1) is 0 Å². The van der Waals surface area contributed by atoms with Gasteiger partial charge in [0.05, 0.1) is 24.3 Å². The fourth-order valence-corrected chi connectivity index (χ4v) is 4.43. The second kappa shape index (κ2) is 9.63. The number of hydrogen-bond acceptors (Lipinski definition) is 5. The van der Waals surface area contributed by atoms with Crippen LogP contribution in [0.2, 0.25) is 5.02 Å². The van der Waals surface area contributed by atoms with E-state index in [-0.39, 0.29) is 23.5 Å². The van der Waals surface area contributed by atoms with Crippen molar-refractivity contribution in [2.75, 3.05) is 27.7 Å². The van der Waals surface area contributed by atoms with E-state index in [2.05, 4.69) is 14.8 Å². The van der Waals surface area contributed by atoms with E-state index < -0.39 is 5.92 Å². The van der Waals surface area contributed by atoms with Crippen molar-refractivity contribution in [3.05, 3.63) is 34.6 Å². The third kappa shape index (κ3) is 4.99. The predicted molar refractivity (Wildman–Crippen MR) is 126 cm³/mol. The molecule has 2 heterocycles. The molecule has 174 valence electrons. The van der Waals surface area contributed by atoms with Gasteiger partial charge >= 0.3 is 0 Å². The molecule has 1 N–H and O–H groups in total. The van der Waals surface area contributed by atoms with Gasteiger partial charge in [-0.05, 0) is 43.6 Å². The fraction of sp³-hybridized carbons (Fsp3) is 0.542. The smallest absolute Gasteiger partial charge is 0.223 e. The third-order valence-electron chi connectivity index (χ3n) is 6.08. The predicted octanol–water partition coefficient (Wildman–Crippen LogP) is 4.03. The van der Waals surface area contributed by atoms with E-state index in [0.717, 1.165) is 30.8 Å².